The standard InChI is InChI=1S/C17H21FN4O2S/c1-11-7-14(24-10-13-3-5-19-6-4-13)8-22(11)9-15-16(18)21-17(25-15)20-12(2)23/h3-6,11,14H,7-10H2,1-2H3,(H,20,21,23). The highest BCUT2D eigenvalue weighted by Gasteiger charge is 2.31. The molecule has 1 N–H and O–H groups in total. The number of nitrogens with zero attached hydrogens (tertiary/aromatic N) is 3. The summed E-state index contributed by atoms with van der Waals surface area (Å²) in [6.07, 6.45) is 4.53. The van der Waals surface area contributed by atoms with Crippen molar-refractivity contribution in [3.63, 3.8) is 0 Å². The molecule has 3 rings (SSSR count). The summed E-state index contributed by atoms with van der Waals surface area (Å²) in [7, 11) is 0. The van der Waals surface area contributed by atoms with E-state index < -0.39 is 5.95 Å². The van der Waals surface area contributed by atoms with Crippen molar-refractivity contribution < 1.29 is 13.9 Å². The Balaban J connectivity index is 1.55. The number of likely N-dealkylation sites (tertiary alicyclic amines) is 1. The minimum absolute atomic E-state index is 0.119. The van der Waals surface area contributed by atoms with Gasteiger partial charge in [-0.2, -0.15) is 9.37 Å². The van der Waals surface area contributed by atoms with Crippen LogP contribution in [0.3, 0.4) is 0 Å². The molecule has 0 bridgehead atoms. The van der Waals surface area contributed by atoms with Gasteiger partial charge in [0.15, 0.2) is 5.13 Å². The number of hydrogen-bond donors (Lipinski definition) is 1. The first-order valence-corrected chi connectivity index (χ1v) is 9.00. The maximum atomic E-state index is 14.0. The number of thiazole rings is 1. The highest BCUT2D eigenvalue weighted by Crippen LogP contribution is 2.28. The number of nitrogens with one attached hydrogen (secondary N) is 1. The van der Waals surface area contributed by atoms with E-state index >= 15 is 0 Å². The van der Waals surface area contributed by atoms with Crippen molar-refractivity contribution >= 4 is 22.4 Å². The van der Waals surface area contributed by atoms with Crippen LogP contribution in [0.15, 0.2) is 24.5 Å². The van der Waals surface area contributed by atoms with Gasteiger partial charge in [0.05, 0.1) is 17.6 Å². The van der Waals surface area contributed by atoms with E-state index in [0.29, 0.717) is 29.2 Å². The number of anilines is 1. The Bertz CT molecular complexity index is 725. The number of hydrogen-bond acceptors (Lipinski definition) is 6. The lowest BCUT2D eigenvalue weighted by atomic mass is 10.2. The summed E-state index contributed by atoms with van der Waals surface area (Å²) in [5.74, 6) is -0.762. The first-order valence-electron chi connectivity index (χ1n) is 8.18. The zero-order chi connectivity index (χ0) is 17.8. The minimum Gasteiger partial charge on any atom is -0.372 e. The van der Waals surface area contributed by atoms with E-state index in [0.717, 1.165) is 18.5 Å². The summed E-state index contributed by atoms with van der Waals surface area (Å²) in [5, 5.41) is 2.83. The van der Waals surface area contributed by atoms with Crippen molar-refractivity contribution in [1.29, 1.82) is 0 Å². The molecule has 25 heavy (non-hydrogen) atoms. The fourth-order valence-corrected chi connectivity index (χ4v) is 3.81. The van der Waals surface area contributed by atoms with Crippen LogP contribution in [-0.2, 0) is 22.7 Å². The van der Waals surface area contributed by atoms with Crippen molar-refractivity contribution in [1.82, 2.24) is 14.9 Å². The van der Waals surface area contributed by atoms with Crippen LogP contribution in [0.25, 0.3) is 0 Å². The second-order valence-electron chi connectivity index (χ2n) is 6.22. The molecule has 0 aromatic carbocycles. The van der Waals surface area contributed by atoms with Gasteiger partial charge in [0, 0.05) is 38.4 Å². The lowest BCUT2D eigenvalue weighted by Crippen LogP contribution is -2.27. The summed E-state index contributed by atoms with van der Waals surface area (Å²) >= 11 is 1.18. The lowest BCUT2D eigenvalue weighted by Gasteiger charge is -2.19. The average Bonchev–Trinajstić information content (AvgIpc) is 3.09. The molecular formula is C17H21FN4O2S. The van der Waals surface area contributed by atoms with Crippen molar-refractivity contribution in [2.24, 2.45) is 0 Å². The van der Waals surface area contributed by atoms with Gasteiger partial charge in [-0.05, 0) is 31.0 Å². The largest absolute Gasteiger partial charge is 0.372 e. The van der Waals surface area contributed by atoms with Crippen molar-refractivity contribution in [3.05, 3.63) is 40.9 Å². The molecule has 2 aromatic rings. The molecular weight excluding hydrogens is 343 g/mol. The van der Waals surface area contributed by atoms with E-state index in [1.807, 2.05) is 12.1 Å². The normalized spacial score (nSPS) is 20.8. The molecule has 1 saturated heterocycles. The van der Waals surface area contributed by atoms with E-state index in [1.54, 1.807) is 12.4 Å². The van der Waals surface area contributed by atoms with Crippen LogP contribution in [-0.4, -0.2) is 39.5 Å². The van der Waals surface area contributed by atoms with Gasteiger partial charge < -0.3 is 10.1 Å². The third-order valence-corrected chi connectivity index (χ3v) is 5.11. The molecule has 2 aromatic heterocycles. The molecule has 134 valence electrons. The van der Waals surface area contributed by atoms with Gasteiger partial charge >= 0.3 is 0 Å². The number of amides is 1. The van der Waals surface area contributed by atoms with Crippen LogP contribution >= 0.6 is 11.3 Å². The fraction of sp³-hybridized carbons (Fsp3) is 0.471. The predicted molar refractivity (Wildman–Crippen MR) is 93.7 cm³/mol. The Morgan fingerprint density at radius 2 is 2.24 bits per heavy atom. The zero-order valence-electron chi connectivity index (χ0n) is 14.2. The van der Waals surface area contributed by atoms with Gasteiger partial charge in [0.2, 0.25) is 11.9 Å². The summed E-state index contributed by atoms with van der Waals surface area (Å²) in [4.78, 5) is 21.5. The Morgan fingerprint density at radius 3 is 2.96 bits per heavy atom. The smallest absolute Gasteiger partial charge is 0.230 e. The van der Waals surface area contributed by atoms with Crippen LogP contribution in [0.1, 0.15) is 30.7 Å². The van der Waals surface area contributed by atoms with E-state index in [4.69, 9.17) is 4.74 Å². The van der Waals surface area contributed by atoms with Gasteiger partial charge in [-0.1, -0.05) is 11.3 Å². The van der Waals surface area contributed by atoms with Crippen LogP contribution in [0, 0.1) is 5.95 Å². The topological polar surface area (TPSA) is 67.4 Å². The SMILES string of the molecule is CC(=O)Nc1nc(F)c(CN2CC(OCc3ccncc3)CC2C)s1. The molecule has 8 heteroatoms. The molecule has 1 aliphatic rings. The summed E-state index contributed by atoms with van der Waals surface area (Å²) in [6, 6.07) is 4.17. The molecule has 0 spiro atoms. The highest BCUT2D eigenvalue weighted by molar-refractivity contribution is 7.15. The van der Waals surface area contributed by atoms with E-state index in [9.17, 15) is 9.18 Å². The Labute approximate surface area is 150 Å². The van der Waals surface area contributed by atoms with Crippen molar-refractivity contribution in [2.45, 2.75) is 45.6 Å². The second-order valence-corrected chi connectivity index (χ2v) is 7.30. The number of halogens is 1. The number of aromatic nitrogens is 2. The maximum absolute atomic E-state index is 14.0. The monoisotopic (exact) mass is 364 g/mol. The third kappa shape index (κ3) is 4.81. The van der Waals surface area contributed by atoms with Crippen LogP contribution < -0.4 is 5.32 Å². The molecule has 0 aliphatic carbocycles. The lowest BCUT2D eigenvalue weighted by molar-refractivity contribution is -0.114. The number of carbonyl (C=O) groups is 1. The Kier molecular flexibility index (Phi) is 5.72. The van der Waals surface area contributed by atoms with E-state index in [-0.39, 0.29) is 12.0 Å². The molecule has 3 heterocycles. The summed E-state index contributed by atoms with van der Waals surface area (Å²) < 4.78 is 20.0. The molecule has 1 amide bonds. The Hall–Kier alpha value is -1.90. The summed E-state index contributed by atoms with van der Waals surface area (Å²) in [6.45, 7) is 5.27. The number of carbonyl (C=O) groups excluding carboxylic acids is 1. The number of rotatable bonds is 6. The minimum atomic E-state index is -0.512. The first-order chi connectivity index (χ1) is 12.0. The maximum Gasteiger partial charge on any atom is 0.230 e. The molecule has 0 radical (unpaired) electrons. The number of pyridine rings is 1. The molecule has 1 fully saturated rings. The Morgan fingerprint density at radius 1 is 1.48 bits per heavy atom. The van der Waals surface area contributed by atoms with Gasteiger partial charge in [-0.15, -0.1) is 0 Å². The predicted octanol–water partition coefficient (Wildman–Crippen LogP) is 2.82. The molecule has 2 atom stereocenters. The average molecular weight is 364 g/mol. The molecule has 6 nitrogen and oxygen atoms in total. The number of ether oxygens (including phenoxy) is 1. The van der Waals surface area contributed by atoms with E-state index in [2.05, 4.69) is 27.1 Å². The third-order valence-electron chi connectivity index (χ3n) is 4.18. The highest BCUT2D eigenvalue weighted by atomic mass is 32.1. The van der Waals surface area contributed by atoms with Crippen LogP contribution in [0.2, 0.25) is 0 Å². The van der Waals surface area contributed by atoms with Gasteiger partial charge in [0.25, 0.3) is 0 Å². The second kappa shape index (κ2) is 7.99. The molecule has 0 saturated carbocycles. The van der Waals surface area contributed by atoms with Crippen LogP contribution in [0.5, 0.6) is 0 Å². The van der Waals surface area contributed by atoms with Crippen molar-refractivity contribution in [3.8, 4) is 0 Å². The van der Waals surface area contributed by atoms with Crippen molar-refractivity contribution in [2.75, 3.05) is 11.9 Å². The molecule has 2 unspecified atom stereocenters. The zero-order valence-corrected chi connectivity index (χ0v) is 15.1. The van der Waals surface area contributed by atoms with Gasteiger partial charge in [-0.25, -0.2) is 0 Å². The quantitative estimate of drug-likeness (QED) is 0.854. The van der Waals surface area contributed by atoms with E-state index in [1.165, 1.54) is 18.3 Å². The first kappa shape index (κ1) is 17.9. The van der Waals surface area contributed by atoms with Crippen LogP contribution in [0.4, 0.5) is 9.52 Å². The fourth-order valence-electron chi connectivity index (χ4n) is 2.90. The van der Waals surface area contributed by atoms with Gasteiger partial charge in [-0.3, -0.25) is 14.7 Å². The van der Waals surface area contributed by atoms with Gasteiger partial charge in [0.1, 0.15) is 0 Å². The summed E-state index contributed by atoms with van der Waals surface area (Å²) in [5.41, 5.74) is 1.09. The molecule has 1 aliphatic heterocycles.